The maximum Gasteiger partial charge on any atom is 0.407 e. The smallest absolute Gasteiger partial charge is 0.407 e. The largest absolute Gasteiger partial charge is 0.492 e. The number of ether oxygens (including phenoxy) is 2. The Morgan fingerprint density at radius 2 is 1.78 bits per heavy atom. The molecule has 0 spiro atoms. The highest BCUT2D eigenvalue weighted by molar-refractivity contribution is 6.35. The van der Waals surface area contributed by atoms with E-state index in [4.69, 9.17) is 32.7 Å². The number of carbonyl (C=O) groups excluding carboxylic acids is 2. The van der Waals surface area contributed by atoms with Gasteiger partial charge < -0.3 is 20.1 Å². The van der Waals surface area contributed by atoms with Gasteiger partial charge in [-0.2, -0.15) is 0 Å². The van der Waals surface area contributed by atoms with E-state index in [0.29, 0.717) is 35.4 Å². The van der Waals surface area contributed by atoms with E-state index in [0.717, 1.165) is 5.56 Å². The third kappa shape index (κ3) is 8.19. The van der Waals surface area contributed by atoms with E-state index in [1.54, 1.807) is 18.2 Å². The fourth-order valence-electron chi connectivity index (χ4n) is 2.06. The first-order chi connectivity index (χ1) is 13.0. The molecule has 0 saturated heterocycles. The Morgan fingerprint density at radius 3 is 2.52 bits per heavy atom. The van der Waals surface area contributed by atoms with E-state index >= 15 is 0 Å². The zero-order valence-corrected chi connectivity index (χ0v) is 16.1. The minimum atomic E-state index is -0.644. The van der Waals surface area contributed by atoms with Crippen LogP contribution >= 0.6 is 23.2 Å². The van der Waals surface area contributed by atoms with Gasteiger partial charge in [0.25, 0.3) is 0 Å². The molecule has 0 aliphatic heterocycles. The number of carbonyl (C=O) groups is 2. The molecule has 0 unspecified atom stereocenters. The van der Waals surface area contributed by atoms with Crippen LogP contribution in [0.25, 0.3) is 0 Å². The van der Waals surface area contributed by atoms with Gasteiger partial charge >= 0.3 is 6.09 Å². The molecule has 2 aromatic rings. The van der Waals surface area contributed by atoms with E-state index in [-0.39, 0.29) is 19.1 Å². The Bertz CT molecular complexity index is 757. The van der Waals surface area contributed by atoms with Crippen LogP contribution in [-0.2, 0) is 16.1 Å². The number of rotatable bonds is 9. The van der Waals surface area contributed by atoms with Crippen LogP contribution in [-0.4, -0.2) is 31.7 Å². The molecule has 0 heterocycles. The number of hydrogen-bond donors (Lipinski definition) is 2. The van der Waals surface area contributed by atoms with Crippen LogP contribution in [0.15, 0.2) is 48.5 Å². The van der Waals surface area contributed by atoms with Crippen molar-refractivity contribution in [3.63, 3.8) is 0 Å². The van der Waals surface area contributed by atoms with Crippen molar-refractivity contribution in [1.82, 2.24) is 10.6 Å². The third-order valence-electron chi connectivity index (χ3n) is 3.40. The molecule has 0 fully saturated rings. The monoisotopic (exact) mass is 410 g/mol. The summed E-state index contributed by atoms with van der Waals surface area (Å²) in [6.45, 7) is 0.787. The molecule has 0 saturated carbocycles. The lowest BCUT2D eigenvalue weighted by atomic mass is 10.2. The van der Waals surface area contributed by atoms with E-state index < -0.39 is 6.09 Å². The Kier molecular flexibility index (Phi) is 8.74. The number of halogens is 2. The van der Waals surface area contributed by atoms with E-state index in [1.165, 1.54) is 0 Å². The fourth-order valence-corrected chi connectivity index (χ4v) is 2.53. The van der Waals surface area contributed by atoms with Crippen molar-refractivity contribution < 1.29 is 19.1 Å². The SMILES string of the molecule is O=C(CNC(=O)OCc1ccccc1)NCCCOc1ccc(Cl)cc1Cl. The van der Waals surface area contributed by atoms with Crippen molar-refractivity contribution in [1.29, 1.82) is 0 Å². The summed E-state index contributed by atoms with van der Waals surface area (Å²) in [4.78, 5) is 23.2. The molecule has 8 heteroatoms. The zero-order chi connectivity index (χ0) is 19.5. The zero-order valence-electron chi connectivity index (χ0n) is 14.5. The second-order valence-corrected chi connectivity index (χ2v) is 6.39. The average Bonchev–Trinajstić information content (AvgIpc) is 2.66. The molecule has 2 amide bonds. The Morgan fingerprint density at radius 1 is 1.00 bits per heavy atom. The second-order valence-electron chi connectivity index (χ2n) is 5.54. The van der Waals surface area contributed by atoms with Crippen LogP contribution in [0.3, 0.4) is 0 Å². The van der Waals surface area contributed by atoms with Crippen molar-refractivity contribution >= 4 is 35.2 Å². The van der Waals surface area contributed by atoms with Crippen molar-refractivity contribution in [2.24, 2.45) is 0 Å². The Balaban J connectivity index is 1.53. The minimum absolute atomic E-state index is 0.152. The number of amides is 2. The lowest BCUT2D eigenvalue weighted by Gasteiger charge is -2.10. The van der Waals surface area contributed by atoms with Crippen molar-refractivity contribution in [2.75, 3.05) is 19.7 Å². The predicted molar refractivity (Wildman–Crippen MR) is 104 cm³/mol. The lowest BCUT2D eigenvalue weighted by molar-refractivity contribution is -0.120. The third-order valence-corrected chi connectivity index (χ3v) is 3.93. The van der Waals surface area contributed by atoms with Crippen LogP contribution in [0, 0.1) is 0 Å². The van der Waals surface area contributed by atoms with Gasteiger partial charge in [-0.1, -0.05) is 53.5 Å². The summed E-state index contributed by atoms with van der Waals surface area (Å²) < 4.78 is 10.5. The highest BCUT2D eigenvalue weighted by Gasteiger charge is 2.07. The number of benzene rings is 2. The summed E-state index contributed by atoms with van der Waals surface area (Å²) in [6.07, 6.45) is -0.0573. The molecule has 0 bridgehead atoms. The molecule has 0 aromatic heterocycles. The predicted octanol–water partition coefficient (Wildman–Crippen LogP) is 3.80. The molecule has 2 rings (SSSR count). The maximum absolute atomic E-state index is 11.7. The summed E-state index contributed by atoms with van der Waals surface area (Å²) >= 11 is 11.8. The fraction of sp³-hybridized carbons (Fsp3) is 0.263. The van der Waals surface area contributed by atoms with Gasteiger partial charge in [-0.25, -0.2) is 4.79 Å². The molecule has 144 valence electrons. The first-order valence-corrected chi connectivity index (χ1v) is 9.09. The van der Waals surface area contributed by atoms with Crippen LogP contribution in [0.2, 0.25) is 10.0 Å². The average molecular weight is 411 g/mol. The first-order valence-electron chi connectivity index (χ1n) is 8.33. The van der Waals surface area contributed by atoms with Gasteiger partial charge in [-0.05, 0) is 30.2 Å². The molecule has 0 aliphatic carbocycles. The van der Waals surface area contributed by atoms with Crippen LogP contribution in [0.5, 0.6) is 5.75 Å². The van der Waals surface area contributed by atoms with E-state index in [9.17, 15) is 9.59 Å². The van der Waals surface area contributed by atoms with Crippen molar-refractivity contribution in [3.05, 3.63) is 64.1 Å². The van der Waals surface area contributed by atoms with Gasteiger partial charge in [-0.15, -0.1) is 0 Å². The molecular formula is C19H20Cl2N2O4. The van der Waals surface area contributed by atoms with Gasteiger partial charge in [0, 0.05) is 11.6 Å². The quantitative estimate of drug-likeness (QED) is 0.616. The Hall–Kier alpha value is -2.44. The molecule has 0 radical (unpaired) electrons. The summed E-state index contributed by atoms with van der Waals surface area (Å²) in [6, 6.07) is 14.3. The minimum Gasteiger partial charge on any atom is -0.492 e. The summed E-state index contributed by atoms with van der Waals surface area (Å²) in [5, 5.41) is 6.05. The van der Waals surface area contributed by atoms with E-state index in [1.807, 2.05) is 30.3 Å². The maximum atomic E-state index is 11.7. The molecular weight excluding hydrogens is 391 g/mol. The highest BCUT2D eigenvalue weighted by Crippen LogP contribution is 2.27. The molecule has 0 aliphatic rings. The topological polar surface area (TPSA) is 76.7 Å². The second kappa shape index (κ2) is 11.3. The summed E-state index contributed by atoms with van der Waals surface area (Å²) in [5.74, 6) is 0.228. The van der Waals surface area contributed by atoms with Crippen LogP contribution in [0.1, 0.15) is 12.0 Å². The van der Waals surface area contributed by atoms with Crippen LogP contribution < -0.4 is 15.4 Å². The molecule has 0 atom stereocenters. The number of alkyl carbamates (subject to hydrolysis) is 1. The first kappa shape index (κ1) is 20.9. The van der Waals surface area contributed by atoms with Gasteiger partial charge in [0.2, 0.25) is 5.91 Å². The van der Waals surface area contributed by atoms with Gasteiger partial charge in [0.15, 0.2) is 0 Å². The van der Waals surface area contributed by atoms with Gasteiger partial charge in [-0.3, -0.25) is 4.79 Å². The van der Waals surface area contributed by atoms with Gasteiger partial charge in [0.1, 0.15) is 12.4 Å². The number of nitrogens with one attached hydrogen (secondary N) is 2. The van der Waals surface area contributed by atoms with E-state index in [2.05, 4.69) is 10.6 Å². The Labute approximate surface area is 167 Å². The highest BCUT2D eigenvalue weighted by atomic mass is 35.5. The summed E-state index contributed by atoms with van der Waals surface area (Å²) in [7, 11) is 0. The number of hydrogen-bond acceptors (Lipinski definition) is 4. The molecule has 27 heavy (non-hydrogen) atoms. The van der Waals surface area contributed by atoms with Crippen LogP contribution in [0.4, 0.5) is 4.79 Å². The normalized spacial score (nSPS) is 10.1. The lowest BCUT2D eigenvalue weighted by Crippen LogP contribution is -2.37. The molecule has 6 nitrogen and oxygen atoms in total. The standard InChI is InChI=1S/C19H20Cl2N2O4/c20-15-7-8-17(16(21)11-15)26-10-4-9-22-18(24)12-23-19(25)27-13-14-5-2-1-3-6-14/h1-3,5-8,11H,4,9-10,12-13H2,(H,22,24)(H,23,25). The molecule has 2 N–H and O–H groups in total. The summed E-state index contributed by atoms with van der Waals surface area (Å²) in [5.41, 5.74) is 0.873. The van der Waals surface area contributed by atoms with Gasteiger partial charge in [0.05, 0.1) is 18.2 Å². The molecule has 2 aromatic carbocycles. The van der Waals surface area contributed by atoms with Crippen molar-refractivity contribution in [2.45, 2.75) is 13.0 Å². The van der Waals surface area contributed by atoms with Crippen molar-refractivity contribution in [3.8, 4) is 5.75 Å².